The van der Waals surface area contributed by atoms with Crippen LogP contribution in [0.15, 0.2) is 24.3 Å². The van der Waals surface area contributed by atoms with Gasteiger partial charge in [-0.2, -0.15) is 0 Å². The molecular weight excluding hydrogens is 285 g/mol. The van der Waals surface area contributed by atoms with Crippen molar-refractivity contribution < 1.29 is 9.90 Å². The molecule has 108 valence electrons. The van der Waals surface area contributed by atoms with Crippen molar-refractivity contribution in [2.75, 3.05) is 20.1 Å². The number of likely N-dealkylation sites (N-methyl/N-ethyl adjacent to an activating group) is 1. The molecule has 1 rings (SSSR count). The van der Waals surface area contributed by atoms with E-state index in [-0.39, 0.29) is 18.2 Å². The summed E-state index contributed by atoms with van der Waals surface area (Å²) in [5, 5.41) is 10.3. The van der Waals surface area contributed by atoms with E-state index in [2.05, 4.69) is 0 Å². The molecule has 0 saturated heterocycles. The van der Waals surface area contributed by atoms with Crippen LogP contribution in [0, 0.1) is 0 Å². The van der Waals surface area contributed by atoms with Gasteiger partial charge in [0.05, 0.1) is 5.60 Å². The summed E-state index contributed by atoms with van der Waals surface area (Å²) in [5.74, 6) is 0.0919. The Morgan fingerprint density at radius 1 is 1.32 bits per heavy atom. The van der Waals surface area contributed by atoms with Crippen molar-refractivity contribution in [3.05, 3.63) is 34.9 Å². The van der Waals surface area contributed by atoms with Gasteiger partial charge in [0.25, 0.3) is 0 Å². The van der Waals surface area contributed by atoms with Gasteiger partial charge in [-0.05, 0) is 45.2 Å². The molecule has 19 heavy (non-hydrogen) atoms. The summed E-state index contributed by atoms with van der Waals surface area (Å²) >= 11 is 5.77. The lowest BCUT2D eigenvalue weighted by Crippen LogP contribution is -2.37. The highest BCUT2D eigenvalue weighted by Crippen LogP contribution is 2.11. The molecule has 3 nitrogen and oxygen atoms in total. The number of carbonyl (C=O) groups excluding carboxylic acids is 1. The fourth-order valence-electron chi connectivity index (χ4n) is 1.81. The Morgan fingerprint density at radius 3 is 2.32 bits per heavy atom. The minimum absolute atomic E-state index is 0. The highest BCUT2D eigenvalue weighted by molar-refractivity contribution is 6.30. The van der Waals surface area contributed by atoms with Crippen LogP contribution in [0.2, 0.25) is 5.02 Å². The number of aliphatic hydroxyl groups is 1. The maximum absolute atomic E-state index is 11.9. The first kappa shape index (κ1) is 18.4. The molecule has 5 heteroatoms. The summed E-state index contributed by atoms with van der Waals surface area (Å²) in [4.78, 5) is 13.8. The highest BCUT2D eigenvalue weighted by Gasteiger charge is 2.16. The van der Waals surface area contributed by atoms with E-state index < -0.39 is 5.60 Å². The first-order chi connectivity index (χ1) is 8.28. The van der Waals surface area contributed by atoms with Crippen molar-refractivity contribution in [1.82, 2.24) is 4.90 Å². The van der Waals surface area contributed by atoms with E-state index in [1.54, 1.807) is 38.1 Å². The molecule has 0 spiro atoms. The van der Waals surface area contributed by atoms with E-state index in [1.165, 1.54) is 0 Å². The maximum Gasteiger partial charge on any atom is 0.164 e. The molecule has 0 unspecified atom stereocenters. The number of nitrogens with zero attached hydrogens (tertiary/aromatic N) is 1. The first-order valence-electron chi connectivity index (χ1n) is 5.97. The zero-order valence-corrected chi connectivity index (χ0v) is 13.1. The van der Waals surface area contributed by atoms with Crippen LogP contribution in [0.5, 0.6) is 0 Å². The van der Waals surface area contributed by atoms with Crippen molar-refractivity contribution >= 4 is 29.8 Å². The second-order valence-electron chi connectivity index (χ2n) is 5.23. The number of halogens is 2. The van der Waals surface area contributed by atoms with Gasteiger partial charge < -0.3 is 10.0 Å². The van der Waals surface area contributed by atoms with E-state index in [0.29, 0.717) is 30.1 Å². The molecule has 0 fully saturated rings. The molecule has 0 atom stereocenters. The van der Waals surface area contributed by atoms with Crippen LogP contribution in [0.3, 0.4) is 0 Å². The van der Waals surface area contributed by atoms with Gasteiger partial charge in [0.2, 0.25) is 0 Å². The Kier molecular flexibility index (Phi) is 7.60. The van der Waals surface area contributed by atoms with E-state index in [0.717, 1.165) is 0 Å². The lowest BCUT2D eigenvalue weighted by molar-refractivity contribution is 0.0437. The van der Waals surface area contributed by atoms with Crippen LogP contribution < -0.4 is 0 Å². The van der Waals surface area contributed by atoms with Crippen molar-refractivity contribution in [3.63, 3.8) is 0 Å². The van der Waals surface area contributed by atoms with Crippen molar-refractivity contribution in [2.24, 2.45) is 0 Å². The van der Waals surface area contributed by atoms with E-state index in [9.17, 15) is 9.90 Å². The fourth-order valence-corrected chi connectivity index (χ4v) is 1.94. The van der Waals surface area contributed by atoms with Crippen LogP contribution in [-0.2, 0) is 0 Å². The molecule has 0 radical (unpaired) electrons. The Labute approximate surface area is 126 Å². The number of ketones is 1. The molecule has 0 aliphatic carbocycles. The second-order valence-corrected chi connectivity index (χ2v) is 5.67. The minimum Gasteiger partial charge on any atom is -0.389 e. The average molecular weight is 306 g/mol. The van der Waals surface area contributed by atoms with Crippen LogP contribution in [0.25, 0.3) is 0 Å². The van der Waals surface area contributed by atoms with Gasteiger partial charge in [-0.3, -0.25) is 4.79 Å². The van der Waals surface area contributed by atoms with Crippen molar-refractivity contribution in [1.29, 1.82) is 0 Å². The lowest BCUT2D eigenvalue weighted by atomic mass is 10.1. The van der Waals surface area contributed by atoms with Crippen LogP contribution >= 0.6 is 24.0 Å². The topological polar surface area (TPSA) is 40.5 Å². The minimum atomic E-state index is -0.738. The standard InChI is InChI=1S/C14H20ClNO2.ClH/c1-14(2,18)10-16(3)9-8-13(17)11-4-6-12(15)7-5-11;/h4-7,18H,8-10H2,1-3H3;1H. The third-order valence-electron chi connectivity index (χ3n) is 2.54. The predicted octanol–water partition coefficient (Wildman–Crippen LogP) is 3.04. The van der Waals surface area contributed by atoms with Crippen LogP contribution in [-0.4, -0.2) is 41.5 Å². The summed E-state index contributed by atoms with van der Waals surface area (Å²) in [6.07, 6.45) is 0.439. The Hall–Kier alpha value is -0.610. The molecule has 1 aromatic carbocycles. The zero-order valence-electron chi connectivity index (χ0n) is 11.5. The normalized spacial score (nSPS) is 11.3. The maximum atomic E-state index is 11.9. The molecule has 1 aromatic rings. The molecular formula is C14H21Cl2NO2. The van der Waals surface area contributed by atoms with Crippen LogP contribution in [0.4, 0.5) is 0 Å². The third-order valence-corrected chi connectivity index (χ3v) is 2.80. The predicted molar refractivity (Wildman–Crippen MR) is 81.4 cm³/mol. The zero-order chi connectivity index (χ0) is 13.8. The Balaban J connectivity index is 0.00000324. The molecule has 0 bridgehead atoms. The number of rotatable bonds is 6. The van der Waals surface area contributed by atoms with Gasteiger partial charge in [0.15, 0.2) is 5.78 Å². The van der Waals surface area contributed by atoms with Crippen LogP contribution in [0.1, 0.15) is 30.6 Å². The van der Waals surface area contributed by atoms with E-state index >= 15 is 0 Å². The number of benzene rings is 1. The molecule has 1 N–H and O–H groups in total. The number of Topliss-reactive ketones (excluding diaryl/α,β-unsaturated/α-hetero) is 1. The van der Waals surface area contributed by atoms with Gasteiger partial charge in [0.1, 0.15) is 0 Å². The summed E-state index contributed by atoms with van der Waals surface area (Å²) < 4.78 is 0. The SMILES string of the molecule is CN(CCC(=O)c1ccc(Cl)cc1)CC(C)(C)O.Cl. The molecule has 0 aromatic heterocycles. The van der Waals surface area contributed by atoms with Gasteiger partial charge in [-0.1, -0.05) is 11.6 Å². The average Bonchev–Trinajstić information content (AvgIpc) is 2.24. The smallest absolute Gasteiger partial charge is 0.164 e. The molecule has 0 saturated carbocycles. The van der Waals surface area contributed by atoms with E-state index in [1.807, 2.05) is 11.9 Å². The molecule has 0 amide bonds. The van der Waals surface area contributed by atoms with Gasteiger partial charge >= 0.3 is 0 Å². The first-order valence-corrected chi connectivity index (χ1v) is 6.35. The largest absolute Gasteiger partial charge is 0.389 e. The van der Waals surface area contributed by atoms with Crippen molar-refractivity contribution in [3.8, 4) is 0 Å². The summed E-state index contributed by atoms with van der Waals surface area (Å²) in [6.45, 7) is 4.68. The number of hydrogen-bond acceptors (Lipinski definition) is 3. The summed E-state index contributed by atoms with van der Waals surface area (Å²) in [5.41, 5.74) is -0.0611. The summed E-state index contributed by atoms with van der Waals surface area (Å²) in [7, 11) is 1.90. The number of carbonyl (C=O) groups is 1. The lowest BCUT2D eigenvalue weighted by Gasteiger charge is -2.25. The summed E-state index contributed by atoms with van der Waals surface area (Å²) in [6, 6.07) is 6.91. The Morgan fingerprint density at radius 2 is 1.84 bits per heavy atom. The van der Waals surface area contributed by atoms with E-state index in [4.69, 9.17) is 11.6 Å². The van der Waals surface area contributed by atoms with Gasteiger partial charge in [0, 0.05) is 30.1 Å². The quantitative estimate of drug-likeness (QED) is 0.821. The second kappa shape index (κ2) is 7.85. The van der Waals surface area contributed by atoms with Crippen molar-refractivity contribution in [2.45, 2.75) is 25.9 Å². The third kappa shape index (κ3) is 7.53. The number of hydrogen-bond donors (Lipinski definition) is 1. The molecule has 0 aliphatic heterocycles. The fraction of sp³-hybridized carbons (Fsp3) is 0.500. The monoisotopic (exact) mass is 305 g/mol. The molecule has 0 heterocycles. The Bertz CT molecular complexity index is 399. The van der Waals surface area contributed by atoms with Gasteiger partial charge in [-0.25, -0.2) is 0 Å². The highest BCUT2D eigenvalue weighted by atomic mass is 35.5. The van der Waals surface area contributed by atoms with Gasteiger partial charge in [-0.15, -0.1) is 12.4 Å². The molecule has 0 aliphatic rings.